The molecular weight excluding hydrogens is 258 g/mol. The van der Waals surface area contributed by atoms with E-state index in [4.69, 9.17) is 4.74 Å². The van der Waals surface area contributed by atoms with E-state index in [0.29, 0.717) is 6.61 Å². The van der Waals surface area contributed by atoms with Crippen molar-refractivity contribution in [2.45, 2.75) is 43.4 Å². The van der Waals surface area contributed by atoms with Gasteiger partial charge >= 0.3 is 5.97 Å². The van der Waals surface area contributed by atoms with Gasteiger partial charge in [-0.15, -0.1) is 11.8 Å². The molecule has 0 spiro atoms. The van der Waals surface area contributed by atoms with Gasteiger partial charge in [-0.1, -0.05) is 25.5 Å². The molecule has 106 valence electrons. The maximum atomic E-state index is 11.9. The van der Waals surface area contributed by atoms with Gasteiger partial charge < -0.3 is 10.1 Å². The Bertz CT molecular complexity index is 395. The summed E-state index contributed by atoms with van der Waals surface area (Å²) in [4.78, 5) is 13.0. The summed E-state index contributed by atoms with van der Waals surface area (Å²) in [5, 5.41) is 3.03. The van der Waals surface area contributed by atoms with Gasteiger partial charge in [0.2, 0.25) is 0 Å². The Labute approximate surface area is 120 Å². The van der Waals surface area contributed by atoms with Gasteiger partial charge in [-0.05, 0) is 38.1 Å². The van der Waals surface area contributed by atoms with E-state index < -0.39 is 0 Å². The van der Waals surface area contributed by atoms with Crippen LogP contribution in [0.3, 0.4) is 0 Å². The first-order chi connectivity index (χ1) is 9.21. The number of benzene rings is 1. The Kier molecular flexibility index (Phi) is 7.60. The Hall–Kier alpha value is -1.00. The van der Waals surface area contributed by atoms with Gasteiger partial charge in [0.15, 0.2) is 0 Å². The molecule has 0 saturated heterocycles. The lowest BCUT2D eigenvalue weighted by Crippen LogP contribution is -2.20. The van der Waals surface area contributed by atoms with Crippen LogP contribution in [0.4, 0.5) is 0 Å². The average molecular weight is 281 g/mol. The van der Waals surface area contributed by atoms with Crippen molar-refractivity contribution in [2.24, 2.45) is 0 Å². The van der Waals surface area contributed by atoms with Gasteiger partial charge in [0.25, 0.3) is 0 Å². The van der Waals surface area contributed by atoms with Crippen LogP contribution in [0.2, 0.25) is 0 Å². The molecule has 0 amide bonds. The van der Waals surface area contributed by atoms with Crippen LogP contribution in [0.5, 0.6) is 0 Å². The van der Waals surface area contributed by atoms with Crippen LogP contribution in [-0.2, 0) is 16.1 Å². The van der Waals surface area contributed by atoms with Crippen molar-refractivity contribution in [1.82, 2.24) is 5.32 Å². The van der Waals surface area contributed by atoms with Crippen molar-refractivity contribution < 1.29 is 9.53 Å². The molecule has 0 saturated carbocycles. The van der Waals surface area contributed by atoms with Crippen LogP contribution in [0, 0.1) is 0 Å². The number of nitrogens with one attached hydrogen (secondary N) is 1. The molecule has 1 rings (SSSR count). The average Bonchev–Trinajstić information content (AvgIpc) is 2.39. The lowest BCUT2D eigenvalue weighted by molar-refractivity contribution is -0.142. The van der Waals surface area contributed by atoms with Gasteiger partial charge in [-0.25, -0.2) is 0 Å². The second kappa shape index (κ2) is 8.99. The molecule has 0 heterocycles. The summed E-state index contributed by atoms with van der Waals surface area (Å²) >= 11 is 1.60. The van der Waals surface area contributed by atoms with Crippen molar-refractivity contribution in [2.75, 3.05) is 13.7 Å². The van der Waals surface area contributed by atoms with E-state index in [9.17, 15) is 4.79 Å². The summed E-state index contributed by atoms with van der Waals surface area (Å²) < 4.78 is 5.13. The Morgan fingerprint density at radius 2 is 2.21 bits per heavy atom. The maximum Gasteiger partial charge on any atom is 0.319 e. The smallest absolute Gasteiger partial charge is 0.319 e. The molecule has 1 aromatic carbocycles. The number of thioether (sulfide) groups is 1. The van der Waals surface area contributed by atoms with E-state index in [1.54, 1.807) is 11.8 Å². The van der Waals surface area contributed by atoms with E-state index in [1.165, 1.54) is 5.56 Å². The molecule has 0 aromatic heterocycles. The van der Waals surface area contributed by atoms with E-state index in [2.05, 4.69) is 24.4 Å². The summed E-state index contributed by atoms with van der Waals surface area (Å²) in [7, 11) is 1.93. The van der Waals surface area contributed by atoms with Crippen LogP contribution in [0.15, 0.2) is 29.2 Å². The van der Waals surface area contributed by atoms with Crippen LogP contribution in [-0.4, -0.2) is 24.9 Å². The number of ether oxygens (including phenoxy) is 1. The maximum absolute atomic E-state index is 11.9. The number of hydrogen-bond donors (Lipinski definition) is 1. The molecule has 1 N–H and O–H groups in total. The molecule has 0 aliphatic carbocycles. The minimum atomic E-state index is -0.103. The van der Waals surface area contributed by atoms with E-state index >= 15 is 0 Å². The normalized spacial score (nSPS) is 12.2. The second-order valence-electron chi connectivity index (χ2n) is 4.32. The van der Waals surface area contributed by atoms with Gasteiger partial charge in [0, 0.05) is 11.4 Å². The highest BCUT2D eigenvalue weighted by atomic mass is 32.2. The first-order valence-electron chi connectivity index (χ1n) is 6.78. The predicted octanol–water partition coefficient (Wildman–Crippen LogP) is 3.23. The van der Waals surface area contributed by atoms with Gasteiger partial charge in [-0.2, -0.15) is 0 Å². The Balaban J connectivity index is 2.72. The van der Waals surface area contributed by atoms with E-state index in [-0.39, 0.29) is 11.2 Å². The predicted molar refractivity (Wildman–Crippen MR) is 80.4 cm³/mol. The van der Waals surface area contributed by atoms with Crippen LogP contribution < -0.4 is 5.32 Å². The van der Waals surface area contributed by atoms with Crippen molar-refractivity contribution in [3.8, 4) is 0 Å². The molecule has 0 fully saturated rings. The number of carbonyl (C=O) groups excluding carboxylic acids is 1. The summed E-state index contributed by atoms with van der Waals surface area (Å²) in [5.74, 6) is -0.103. The standard InChI is InChI=1S/C15H23NO2S/c1-4-7-14(15(17)18-5-2)19-13-9-6-8-12(10-13)11-16-3/h6,8-10,14,16H,4-5,7,11H2,1-3H3. The quantitative estimate of drug-likeness (QED) is 0.586. The molecule has 1 unspecified atom stereocenters. The van der Waals surface area contributed by atoms with Crippen molar-refractivity contribution in [1.29, 1.82) is 0 Å². The van der Waals surface area contributed by atoms with Crippen molar-refractivity contribution >= 4 is 17.7 Å². The van der Waals surface area contributed by atoms with Crippen molar-refractivity contribution in [3.63, 3.8) is 0 Å². The summed E-state index contributed by atoms with van der Waals surface area (Å²) in [6, 6.07) is 8.29. The fraction of sp³-hybridized carbons (Fsp3) is 0.533. The summed E-state index contributed by atoms with van der Waals surface area (Å²) in [5.41, 5.74) is 1.23. The molecule has 4 heteroatoms. The molecule has 0 aliphatic rings. The highest BCUT2D eigenvalue weighted by Crippen LogP contribution is 2.28. The zero-order valence-electron chi connectivity index (χ0n) is 11.9. The lowest BCUT2D eigenvalue weighted by Gasteiger charge is -2.14. The zero-order valence-corrected chi connectivity index (χ0v) is 12.8. The molecule has 19 heavy (non-hydrogen) atoms. The second-order valence-corrected chi connectivity index (χ2v) is 5.60. The Morgan fingerprint density at radius 3 is 2.84 bits per heavy atom. The SMILES string of the molecule is CCCC(Sc1cccc(CNC)c1)C(=O)OCC. The number of esters is 1. The molecular formula is C15H23NO2S. The molecule has 3 nitrogen and oxygen atoms in total. The van der Waals surface area contributed by atoms with Gasteiger partial charge in [0.1, 0.15) is 5.25 Å². The fourth-order valence-electron chi connectivity index (χ4n) is 1.82. The fourth-order valence-corrected chi connectivity index (χ4v) is 3.04. The zero-order chi connectivity index (χ0) is 14.1. The summed E-state index contributed by atoms with van der Waals surface area (Å²) in [6.07, 6.45) is 1.83. The number of carbonyl (C=O) groups is 1. The monoisotopic (exact) mass is 281 g/mol. The number of rotatable bonds is 8. The van der Waals surface area contributed by atoms with Gasteiger partial charge in [0.05, 0.1) is 6.61 Å². The topological polar surface area (TPSA) is 38.3 Å². The highest BCUT2D eigenvalue weighted by Gasteiger charge is 2.20. The molecule has 1 atom stereocenters. The molecule has 1 aromatic rings. The molecule has 0 aliphatic heterocycles. The third-order valence-corrected chi connectivity index (χ3v) is 3.90. The Morgan fingerprint density at radius 1 is 1.42 bits per heavy atom. The minimum absolute atomic E-state index is 0.102. The third-order valence-electron chi connectivity index (χ3n) is 2.66. The highest BCUT2D eigenvalue weighted by molar-refractivity contribution is 8.00. The minimum Gasteiger partial charge on any atom is -0.465 e. The molecule has 0 bridgehead atoms. The lowest BCUT2D eigenvalue weighted by atomic mass is 10.2. The van der Waals surface area contributed by atoms with Crippen LogP contribution in [0.1, 0.15) is 32.3 Å². The van der Waals surface area contributed by atoms with Crippen LogP contribution >= 0.6 is 11.8 Å². The van der Waals surface area contributed by atoms with Gasteiger partial charge in [-0.3, -0.25) is 4.79 Å². The first kappa shape index (κ1) is 16.1. The molecule has 0 radical (unpaired) electrons. The number of hydrogen-bond acceptors (Lipinski definition) is 4. The van der Waals surface area contributed by atoms with Crippen LogP contribution in [0.25, 0.3) is 0 Å². The largest absolute Gasteiger partial charge is 0.465 e. The van der Waals surface area contributed by atoms with E-state index in [0.717, 1.165) is 24.3 Å². The summed E-state index contributed by atoms with van der Waals surface area (Å²) in [6.45, 7) is 5.22. The van der Waals surface area contributed by atoms with Crippen molar-refractivity contribution in [3.05, 3.63) is 29.8 Å². The third kappa shape index (κ3) is 5.66. The first-order valence-corrected chi connectivity index (χ1v) is 7.66. The van der Waals surface area contributed by atoms with E-state index in [1.807, 2.05) is 26.1 Å².